The van der Waals surface area contributed by atoms with E-state index in [0.29, 0.717) is 17.9 Å². The van der Waals surface area contributed by atoms with E-state index in [4.69, 9.17) is 4.74 Å². The molecular formula is C23H24O3. The fraction of sp³-hybridized carbons (Fsp3) is 0.348. The average Bonchev–Trinajstić information content (AvgIpc) is 3.47. The summed E-state index contributed by atoms with van der Waals surface area (Å²) in [6.07, 6.45) is 3.48. The largest absolute Gasteiger partial charge is 0.454 e. The highest BCUT2D eigenvalue weighted by molar-refractivity contribution is 5.94. The molecule has 0 aromatic heterocycles. The monoisotopic (exact) mass is 348 g/mol. The summed E-state index contributed by atoms with van der Waals surface area (Å²) >= 11 is 0. The van der Waals surface area contributed by atoms with Crippen LogP contribution in [0.1, 0.15) is 36.3 Å². The number of carbonyl (C=O) groups excluding carboxylic acids is 1. The molecule has 1 aliphatic carbocycles. The molecule has 134 valence electrons. The SMILES string of the molecule is O=C1OC(CCc2ccccc2)C(CO)=C1C(c1ccccc1)C1CC1. The van der Waals surface area contributed by atoms with E-state index >= 15 is 0 Å². The normalized spacial score (nSPS) is 21.0. The molecule has 2 aliphatic rings. The maximum Gasteiger partial charge on any atom is 0.335 e. The lowest BCUT2D eigenvalue weighted by Crippen LogP contribution is -2.15. The summed E-state index contributed by atoms with van der Waals surface area (Å²) in [4.78, 5) is 12.7. The van der Waals surface area contributed by atoms with E-state index in [1.54, 1.807) is 0 Å². The van der Waals surface area contributed by atoms with Crippen LogP contribution in [-0.4, -0.2) is 23.8 Å². The van der Waals surface area contributed by atoms with Crippen LogP contribution in [0.3, 0.4) is 0 Å². The third-order valence-corrected chi connectivity index (χ3v) is 5.48. The average molecular weight is 348 g/mol. The van der Waals surface area contributed by atoms with Gasteiger partial charge in [-0.2, -0.15) is 0 Å². The number of rotatable bonds is 7. The third kappa shape index (κ3) is 3.45. The molecule has 1 fully saturated rings. The molecular weight excluding hydrogens is 324 g/mol. The van der Waals surface area contributed by atoms with Crippen molar-refractivity contribution >= 4 is 5.97 Å². The molecule has 1 N–H and O–H groups in total. The van der Waals surface area contributed by atoms with E-state index in [1.165, 1.54) is 5.56 Å². The molecule has 2 aromatic carbocycles. The van der Waals surface area contributed by atoms with Gasteiger partial charge in [-0.15, -0.1) is 0 Å². The first-order valence-electron chi connectivity index (χ1n) is 9.41. The van der Waals surface area contributed by atoms with Crippen molar-refractivity contribution in [2.24, 2.45) is 5.92 Å². The maximum atomic E-state index is 12.7. The number of hydrogen-bond acceptors (Lipinski definition) is 3. The molecule has 4 rings (SSSR count). The van der Waals surface area contributed by atoms with Gasteiger partial charge in [-0.1, -0.05) is 60.7 Å². The summed E-state index contributed by atoms with van der Waals surface area (Å²) in [7, 11) is 0. The number of esters is 1. The van der Waals surface area contributed by atoms with Gasteiger partial charge in [0.05, 0.1) is 12.2 Å². The summed E-state index contributed by atoms with van der Waals surface area (Å²) in [5.41, 5.74) is 3.86. The molecule has 3 nitrogen and oxygen atoms in total. The maximum absolute atomic E-state index is 12.7. The van der Waals surface area contributed by atoms with Gasteiger partial charge in [-0.3, -0.25) is 0 Å². The molecule has 0 spiro atoms. The predicted octanol–water partition coefficient (Wildman–Crippen LogP) is 4.03. The number of ether oxygens (including phenoxy) is 1. The number of benzene rings is 2. The third-order valence-electron chi connectivity index (χ3n) is 5.48. The van der Waals surface area contributed by atoms with Crippen LogP contribution in [0.15, 0.2) is 71.8 Å². The second kappa shape index (κ2) is 7.46. The molecule has 0 amide bonds. The molecule has 3 heteroatoms. The van der Waals surface area contributed by atoms with Crippen molar-refractivity contribution in [1.82, 2.24) is 0 Å². The minimum Gasteiger partial charge on any atom is -0.454 e. The molecule has 0 bridgehead atoms. The summed E-state index contributed by atoms with van der Waals surface area (Å²) in [6, 6.07) is 20.4. The summed E-state index contributed by atoms with van der Waals surface area (Å²) < 4.78 is 5.71. The zero-order valence-electron chi connectivity index (χ0n) is 14.8. The number of hydrogen-bond donors (Lipinski definition) is 1. The van der Waals surface area contributed by atoms with Crippen LogP contribution < -0.4 is 0 Å². The van der Waals surface area contributed by atoms with Gasteiger partial charge in [-0.25, -0.2) is 4.79 Å². The number of aryl methyl sites for hydroxylation is 1. The van der Waals surface area contributed by atoms with Crippen molar-refractivity contribution in [3.63, 3.8) is 0 Å². The first-order valence-corrected chi connectivity index (χ1v) is 9.41. The Labute approximate surface area is 154 Å². The molecule has 2 atom stereocenters. The van der Waals surface area contributed by atoms with Gasteiger partial charge in [0.1, 0.15) is 6.10 Å². The van der Waals surface area contributed by atoms with Crippen molar-refractivity contribution in [2.75, 3.05) is 6.61 Å². The predicted molar refractivity (Wildman–Crippen MR) is 101 cm³/mol. The lowest BCUT2D eigenvalue weighted by atomic mass is 9.83. The van der Waals surface area contributed by atoms with Crippen LogP contribution in [0.2, 0.25) is 0 Å². The van der Waals surface area contributed by atoms with Gasteiger partial charge in [0.2, 0.25) is 0 Å². The Morgan fingerprint density at radius 2 is 1.65 bits per heavy atom. The van der Waals surface area contributed by atoms with Crippen molar-refractivity contribution in [2.45, 2.75) is 37.7 Å². The number of cyclic esters (lactones) is 1. The van der Waals surface area contributed by atoms with E-state index in [-0.39, 0.29) is 24.6 Å². The van der Waals surface area contributed by atoms with Crippen LogP contribution >= 0.6 is 0 Å². The smallest absolute Gasteiger partial charge is 0.335 e. The number of aliphatic hydroxyl groups excluding tert-OH is 1. The Kier molecular flexibility index (Phi) is 4.89. The minimum absolute atomic E-state index is 0.0487. The van der Waals surface area contributed by atoms with E-state index in [1.807, 2.05) is 36.4 Å². The summed E-state index contributed by atoms with van der Waals surface area (Å²) in [5.74, 6) is 0.287. The van der Waals surface area contributed by atoms with Crippen LogP contribution in [0.5, 0.6) is 0 Å². The first-order chi connectivity index (χ1) is 12.8. The van der Waals surface area contributed by atoms with Crippen molar-refractivity contribution in [3.05, 3.63) is 82.9 Å². The lowest BCUT2D eigenvalue weighted by Gasteiger charge is -2.18. The van der Waals surface area contributed by atoms with Gasteiger partial charge in [-0.05, 0) is 42.7 Å². The second-order valence-electron chi connectivity index (χ2n) is 7.24. The molecule has 1 heterocycles. The van der Waals surface area contributed by atoms with Crippen LogP contribution in [-0.2, 0) is 16.0 Å². The Bertz CT molecular complexity index is 791. The zero-order chi connectivity index (χ0) is 17.9. The van der Waals surface area contributed by atoms with Crippen molar-refractivity contribution in [1.29, 1.82) is 0 Å². The highest BCUT2D eigenvalue weighted by atomic mass is 16.5. The minimum atomic E-state index is -0.312. The van der Waals surface area contributed by atoms with Crippen molar-refractivity contribution < 1.29 is 14.6 Å². The fourth-order valence-corrected chi connectivity index (χ4v) is 4.02. The summed E-state index contributed by atoms with van der Waals surface area (Å²) in [6.45, 7) is -0.115. The fourth-order valence-electron chi connectivity index (χ4n) is 4.02. The van der Waals surface area contributed by atoms with E-state index in [9.17, 15) is 9.90 Å². The van der Waals surface area contributed by atoms with E-state index in [0.717, 1.165) is 30.4 Å². The number of carbonyl (C=O) groups is 1. The molecule has 2 aromatic rings. The second-order valence-corrected chi connectivity index (χ2v) is 7.24. The molecule has 26 heavy (non-hydrogen) atoms. The molecule has 2 unspecified atom stereocenters. The zero-order valence-corrected chi connectivity index (χ0v) is 14.8. The first kappa shape index (κ1) is 17.0. The van der Waals surface area contributed by atoms with Crippen LogP contribution in [0.25, 0.3) is 0 Å². The highest BCUT2D eigenvalue weighted by Crippen LogP contribution is 2.49. The Morgan fingerprint density at radius 1 is 1.00 bits per heavy atom. The van der Waals surface area contributed by atoms with Crippen LogP contribution in [0, 0.1) is 5.92 Å². The van der Waals surface area contributed by atoms with Gasteiger partial charge >= 0.3 is 5.97 Å². The quantitative estimate of drug-likeness (QED) is 0.769. The van der Waals surface area contributed by atoms with E-state index < -0.39 is 0 Å². The topological polar surface area (TPSA) is 46.5 Å². The molecule has 1 saturated carbocycles. The van der Waals surface area contributed by atoms with Gasteiger partial charge < -0.3 is 9.84 Å². The van der Waals surface area contributed by atoms with Gasteiger partial charge in [0, 0.05) is 11.5 Å². The van der Waals surface area contributed by atoms with Crippen molar-refractivity contribution in [3.8, 4) is 0 Å². The molecule has 0 radical (unpaired) electrons. The molecule has 0 saturated heterocycles. The van der Waals surface area contributed by atoms with Gasteiger partial charge in [0.15, 0.2) is 0 Å². The highest BCUT2D eigenvalue weighted by Gasteiger charge is 2.44. The lowest BCUT2D eigenvalue weighted by molar-refractivity contribution is -0.140. The van der Waals surface area contributed by atoms with Gasteiger partial charge in [0.25, 0.3) is 0 Å². The van der Waals surface area contributed by atoms with Crippen LogP contribution in [0.4, 0.5) is 0 Å². The summed E-state index contributed by atoms with van der Waals surface area (Å²) in [5, 5.41) is 10.0. The number of aliphatic hydroxyl groups is 1. The standard InChI is InChI=1S/C23H24O3/c24-15-19-20(14-11-16-7-3-1-4-8-16)26-23(25)22(19)21(18-12-13-18)17-9-5-2-6-10-17/h1-10,18,20-21,24H,11-15H2. The molecule has 1 aliphatic heterocycles. The Morgan fingerprint density at radius 3 is 2.27 bits per heavy atom. The van der Waals surface area contributed by atoms with E-state index in [2.05, 4.69) is 24.3 Å². The Hall–Kier alpha value is -2.39. The Balaban J connectivity index is 1.61.